The molecular formula is C11H10F3NO4. The molecular weight excluding hydrogens is 267 g/mol. The van der Waals surface area contributed by atoms with Crippen LogP contribution in [0, 0.1) is 11.6 Å². The van der Waals surface area contributed by atoms with Crippen LogP contribution in [0.15, 0.2) is 18.2 Å². The number of benzene rings is 1. The number of halogens is 3. The van der Waals surface area contributed by atoms with Crippen LogP contribution >= 0.6 is 0 Å². The molecule has 0 fully saturated rings. The monoisotopic (exact) mass is 277 g/mol. The molecule has 1 unspecified atom stereocenters. The molecule has 1 aromatic rings. The average Bonchev–Trinajstić information content (AvgIpc) is 2.34. The number of carbonyl (C=O) groups excluding carboxylic acids is 1. The smallest absolute Gasteiger partial charge is 0.328 e. The van der Waals surface area contributed by atoms with Gasteiger partial charge in [0, 0.05) is 6.07 Å². The predicted octanol–water partition coefficient (Wildman–Crippen LogP) is 0.883. The van der Waals surface area contributed by atoms with Crippen LogP contribution in [0.3, 0.4) is 0 Å². The summed E-state index contributed by atoms with van der Waals surface area (Å²) in [5, 5.41) is 10.3. The maximum atomic E-state index is 13.1. The van der Waals surface area contributed by atoms with Crippen molar-refractivity contribution < 1.29 is 32.6 Å². The molecule has 0 bridgehead atoms. The van der Waals surface area contributed by atoms with Crippen LogP contribution in [0.4, 0.5) is 13.2 Å². The molecule has 0 aliphatic rings. The Balaban J connectivity index is 2.52. The summed E-state index contributed by atoms with van der Waals surface area (Å²) < 4.78 is 42.6. The van der Waals surface area contributed by atoms with Gasteiger partial charge in [-0.25, -0.2) is 18.0 Å². The van der Waals surface area contributed by atoms with Gasteiger partial charge >= 0.3 is 5.97 Å². The Labute approximate surface area is 106 Å². The lowest BCUT2D eigenvalue weighted by molar-refractivity contribution is -0.142. The van der Waals surface area contributed by atoms with Crippen LogP contribution < -0.4 is 10.1 Å². The van der Waals surface area contributed by atoms with Crippen LogP contribution in [0.1, 0.15) is 0 Å². The molecule has 2 N–H and O–H groups in total. The zero-order chi connectivity index (χ0) is 14.4. The van der Waals surface area contributed by atoms with Crippen LogP contribution in [-0.2, 0) is 9.59 Å². The summed E-state index contributed by atoms with van der Waals surface area (Å²) in [5.41, 5.74) is 0. The van der Waals surface area contributed by atoms with E-state index in [9.17, 15) is 22.8 Å². The van der Waals surface area contributed by atoms with Gasteiger partial charge in [0.05, 0.1) is 0 Å². The highest BCUT2D eigenvalue weighted by molar-refractivity contribution is 5.84. The molecule has 0 aromatic heterocycles. The number of carbonyl (C=O) groups is 2. The molecule has 0 saturated heterocycles. The van der Waals surface area contributed by atoms with Gasteiger partial charge in [-0.3, -0.25) is 4.79 Å². The van der Waals surface area contributed by atoms with Gasteiger partial charge in [-0.15, -0.1) is 0 Å². The standard InChI is InChI=1S/C11H10F3NO4/c12-4-8(11(17)18)15-10(16)5-19-9-2-1-6(13)3-7(9)14/h1-3,8H,4-5H2,(H,15,16)(H,17,18). The fourth-order valence-electron chi connectivity index (χ4n) is 1.14. The first kappa shape index (κ1) is 14.8. The van der Waals surface area contributed by atoms with Gasteiger partial charge in [0.1, 0.15) is 12.5 Å². The van der Waals surface area contributed by atoms with Crippen LogP contribution in [0.25, 0.3) is 0 Å². The highest BCUT2D eigenvalue weighted by atomic mass is 19.1. The van der Waals surface area contributed by atoms with Gasteiger partial charge in [0.2, 0.25) is 0 Å². The van der Waals surface area contributed by atoms with E-state index in [1.807, 2.05) is 5.32 Å². The highest BCUT2D eigenvalue weighted by Crippen LogP contribution is 2.17. The summed E-state index contributed by atoms with van der Waals surface area (Å²) in [6.45, 7) is -2.00. The molecule has 1 aromatic carbocycles. The Morgan fingerprint density at radius 1 is 1.37 bits per heavy atom. The summed E-state index contributed by atoms with van der Waals surface area (Å²) in [6, 6.07) is 0.781. The van der Waals surface area contributed by atoms with E-state index in [0.717, 1.165) is 12.1 Å². The molecule has 0 radical (unpaired) electrons. The molecule has 0 heterocycles. The minimum Gasteiger partial charge on any atom is -0.481 e. The molecule has 0 aliphatic carbocycles. The van der Waals surface area contributed by atoms with Gasteiger partial charge in [-0.1, -0.05) is 0 Å². The van der Waals surface area contributed by atoms with Crippen molar-refractivity contribution in [1.82, 2.24) is 5.32 Å². The fourth-order valence-corrected chi connectivity index (χ4v) is 1.14. The Morgan fingerprint density at radius 2 is 2.05 bits per heavy atom. The van der Waals surface area contributed by atoms with Gasteiger partial charge in [0.15, 0.2) is 24.2 Å². The zero-order valence-electron chi connectivity index (χ0n) is 9.53. The van der Waals surface area contributed by atoms with E-state index in [1.165, 1.54) is 0 Å². The SMILES string of the molecule is O=C(COc1ccc(F)cc1F)NC(CF)C(=O)O. The topological polar surface area (TPSA) is 75.6 Å². The Bertz CT molecular complexity index is 481. The van der Waals surface area contributed by atoms with E-state index in [4.69, 9.17) is 9.84 Å². The van der Waals surface area contributed by atoms with Crippen LogP contribution in [0.5, 0.6) is 5.75 Å². The van der Waals surface area contributed by atoms with Crippen molar-refractivity contribution in [1.29, 1.82) is 0 Å². The summed E-state index contributed by atoms with van der Waals surface area (Å²) >= 11 is 0. The normalized spacial score (nSPS) is 11.7. The second-order valence-corrected chi connectivity index (χ2v) is 3.48. The third-order valence-electron chi connectivity index (χ3n) is 2.04. The van der Waals surface area contributed by atoms with Crippen molar-refractivity contribution in [3.63, 3.8) is 0 Å². The van der Waals surface area contributed by atoms with Crippen molar-refractivity contribution in [3.8, 4) is 5.75 Å². The zero-order valence-corrected chi connectivity index (χ0v) is 9.53. The third-order valence-corrected chi connectivity index (χ3v) is 2.04. The number of rotatable bonds is 6. The highest BCUT2D eigenvalue weighted by Gasteiger charge is 2.19. The Hall–Kier alpha value is -2.25. The number of hydrogen-bond acceptors (Lipinski definition) is 3. The maximum absolute atomic E-state index is 13.1. The van der Waals surface area contributed by atoms with Crippen LogP contribution in [0.2, 0.25) is 0 Å². The number of amides is 1. The molecule has 1 amide bonds. The molecule has 1 atom stereocenters. The minimum atomic E-state index is -1.69. The van der Waals surface area contributed by atoms with E-state index in [0.29, 0.717) is 6.07 Å². The lowest BCUT2D eigenvalue weighted by Crippen LogP contribution is -2.44. The van der Waals surface area contributed by atoms with E-state index in [-0.39, 0.29) is 5.75 Å². The van der Waals surface area contributed by atoms with Gasteiger partial charge in [-0.05, 0) is 12.1 Å². The van der Waals surface area contributed by atoms with Crippen molar-refractivity contribution in [2.45, 2.75) is 6.04 Å². The van der Waals surface area contributed by atoms with Crippen LogP contribution in [-0.4, -0.2) is 36.3 Å². The first-order valence-electron chi connectivity index (χ1n) is 5.10. The number of aliphatic carboxylic acids is 1. The van der Waals surface area contributed by atoms with E-state index in [1.54, 1.807) is 0 Å². The number of carboxylic acids is 1. The minimum absolute atomic E-state index is 0.372. The predicted molar refractivity (Wildman–Crippen MR) is 57.4 cm³/mol. The van der Waals surface area contributed by atoms with Gasteiger partial charge in [0.25, 0.3) is 5.91 Å². The van der Waals surface area contributed by atoms with Crippen molar-refractivity contribution >= 4 is 11.9 Å². The maximum Gasteiger partial charge on any atom is 0.328 e. The molecule has 19 heavy (non-hydrogen) atoms. The summed E-state index contributed by atoms with van der Waals surface area (Å²) in [6.07, 6.45) is 0. The fraction of sp³-hybridized carbons (Fsp3) is 0.273. The number of carboxylic acid groups (broad SMARTS) is 1. The molecule has 0 aliphatic heterocycles. The molecule has 1 rings (SSSR count). The lowest BCUT2D eigenvalue weighted by atomic mass is 10.3. The number of alkyl halides is 1. The van der Waals surface area contributed by atoms with E-state index < -0.39 is 42.8 Å². The van der Waals surface area contributed by atoms with Gasteiger partial charge in [-0.2, -0.15) is 0 Å². The second-order valence-electron chi connectivity index (χ2n) is 3.48. The quantitative estimate of drug-likeness (QED) is 0.809. The second kappa shape index (κ2) is 6.62. The molecule has 104 valence electrons. The molecule has 5 nitrogen and oxygen atoms in total. The molecule has 8 heteroatoms. The van der Waals surface area contributed by atoms with Crippen molar-refractivity contribution in [3.05, 3.63) is 29.8 Å². The number of nitrogens with one attached hydrogen (secondary N) is 1. The Morgan fingerprint density at radius 3 is 2.58 bits per heavy atom. The van der Waals surface area contributed by atoms with E-state index >= 15 is 0 Å². The third kappa shape index (κ3) is 4.49. The molecule has 0 saturated carbocycles. The summed E-state index contributed by atoms with van der Waals surface area (Å²) in [4.78, 5) is 21.6. The lowest BCUT2D eigenvalue weighted by Gasteiger charge is -2.11. The summed E-state index contributed by atoms with van der Waals surface area (Å²) in [5.74, 6) is -4.66. The largest absolute Gasteiger partial charge is 0.481 e. The van der Waals surface area contributed by atoms with E-state index in [2.05, 4.69) is 0 Å². The summed E-state index contributed by atoms with van der Waals surface area (Å²) in [7, 11) is 0. The number of hydrogen-bond donors (Lipinski definition) is 2. The van der Waals surface area contributed by atoms with Crippen molar-refractivity contribution in [2.75, 3.05) is 13.3 Å². The van der Waals surface area contributed by atoms with Crippen molar-refractivity contribution in [2.24, 2.45) is 0 Å². The number of ether oxygens (including phenoxy) is 1. The molecule has 0 spiro atoms. The first-order valence-corrected chi connectivity index (χ1v) is 5.10. The average molecular weight is 277 g/mol. The first-order chi connectivity index (χ1) is 8.93. The Kier molecular flexibility index (Phi) is 5.16. The van der Waals surface area contributed by atoms with Gasteiger partial charge < -0.3 is 15.2 Å².